The topological polar surface area (TPSA) is 15.3 Å². The SMILES string of the molecule is CN(CC1CCCC(F)(F)C1)C1CCNCC1.Cl. The third kappa shape index (κ3) is 4.63. The summed E-state index contributed by atoms with van der Waals surface area (Å²) in [5.41, 5.74) is 0. The number of piperidine rings is 1. The first-order valence-electron chi connectivity index (χ1n) is 6.86. The zero-order valence-electron chi connectivity index (χ0n) is 11.1. The van der Waals surface area contributed by atoms with Gasteiger partial charge in [-0.15, -0.1) is 12.4 Å². The fourth-order valence-electron chi connectivity index (χ4n) is 3.24. The number of hydrogen-bond donors (Lipinski definition) is 1. The van der Waals surface area contributed by atoms with Gasteiger partial charge in [0.25, 0.3) is 0 Å². The normalized spacial score (nSPS) is 29.0. The summed E-state index contributed by atoms with van der Waals surface area (Å²) in [6, 6.07) is 0.590. The number of hydrogen-bond acceptors (Lipinski definition) is 2. The highest BCUT2D eigenvalue weighted by molar-refractivity contribution is 5.85. The molecular formula is C13H25ClF2N2. The second-order valence-electron chi connectivity index (χ2n) is 5.74. The molecule has 1 aliphatic heterocycles. The summed E-state index contributed by atoms with van der Waals surface area (Å²) in [6.07, 6.45) is 4.17. The van der Waals surface area contributed by atoms with Crippen LogP contribution in [0.4, 0.5) is 8.78 Å². The van der Waals surface area contributed by atoms with Gasteiger partial charge in [-0.25, -0.2) is 8.78 Å². The lowest BCUT2D eigenvalue weighted by molar-refractivity contribution is -0.0578. The Bertz CT molecular complexity index is 245. The second kappa shape index (κ2) is 7.01. The lowest BCUT2D eigenvalue weighted by Crippen LogP contribution is -2.44. The molecule has 2 fully saturated rings. The van der Waals surface area contributed by atoms with Crippen LogP contribution in [0.15, 0.2) is 0 Å². The van der Waals surface area contributed by atoms with Gasteiger partial charge in [0.15, 0.2) is 0 Å². The molecule has 0 aromatic rings. The van der Waals surface area contributed by atoms with Crippen molar-refractivity contribution in [1.82, 2.24) is 10.2 Å². The predicted molar refractivity (Wildman–Crippen MR) is 72.7 cm³/mol. The molecule has 1 N–H and O–H groups in total. The molecule has 2 aliphatic rings. The van der Waals surface area contributed by atoms with Crippen molar-refractivity contribution in [2.75, 3.05) is 26.7 Å². The standard InChI is InChI=1S/C13H24F2N2.ClH/c1-17(12-4-7-16-8-5-12)10-11-3-2-6-13(14,15)9-11;/h11-12,16H,2-10H2,1H3;1H. The maximum absolute atomic E-state index is 13.3. The van der Waals surface area contributed by atoms with Crippen LogP contribution in [-0.2, 0) is 0 Å². The van der Waals surface area contributed by atoms with Gasteiger partial charge in [0.05, 0.1) is 0 Å². The van der Waals surface area contributed by atoms with E-state index in [9.17, 15) is 8.78 Å². The first-order valence-corrected chi connectivity index (χ1v) is 6.86. The van der Waals surface area contributed by atoms with Gasteiger partial charge in [-0.3, -0.25) is 0 Å². The van der Waals surface area contributed by atoms with Crippen LogP contribution >= 0.6 is 12.4 Å². The summed E-state index contributed by atoms with van der Waals surface area (Å²) in [7, 11) is 2.10. The Labute approximate surface area is 115 Å². The van der Waals surface area contributed by atoms with Crippen molar-refractivity contribution in [3.05, 3.63) is 0 Å². The second-order valence-corrected chi connectivity index (χ2v) is 5.74. The first kappa shape index (κ1) is 16.1. The van der Waals surface area contributed by atoms with E-state index in [0.29, 0.717) is 12.5 Å². The van der Waals surface area contributed by atoms with E-state index < -0.39 is 5.92 Å². The molecule has 1 atom stereocenters. The molecule has 0 spiro atoms. The monoisotopic (exact) mass is 282 g/mol. The van der Waals surface area contributed by atoms with Crippen molar-refractivity contribution in [2.45, 2.75) is 50.5 Å². The van der Waals surface area contributed by atoms with Crippen LogP contribution in [0.3, 0.4) is 0 Å². The third-order valence-corrected chi connectivity index (χ3v) is 4.22. The highest BCUT2D eigenvalue weighted by Crippen LogP contribution is 2.37. The quantitative estimate of drug-likeness (QED) is 0.856. The Morgan fingerprint density at radius 2 is 1.89 bits per heavy atom. The zero-order valence-corrected chi connectivity index (χ0v) is 11.9. The maximum atomic E-state index is 13.3. The summed E-state index contributed by atoms with van der Waals surface area (Å²) in [5, 5.41) is 3.34. The smallest absolute Gasteiger partial charge is 0.248 e. The Morgan fingerprint density at radius 1 is 1.22 bits per heavy atom. The van der Waals surface area contributed by atoms with Gasteiger partial charge in [-0.1, -0.05) is 0 Å². The van der Waals surface area contributed by atoms with E-state index in [4.69, 9.17) is 0 Å². The fraction of sp³-hybridized carbons (Fsp3) is 1.00. The van der Waals surface area contributed by atoms with Gasteiger partial charge < -0.3 is 10.2 Å². The molecule has 108 valence electrons. The van der Waals surface area contributed by atoms with Crippen LogP contribution in [-0.4, -0.2) is 43.5 Å². The average molecular weight is 283 g/mol. The maximum Gasteiger partial charge on any atom is 0.248 e. The van der Waals surface area contributed by atoms with Crippen LogP contribution in [0.2, 0.25) is 0 Å². The molecule has 0 amide bonds. The predicted octanol–water partition coefficient (Wildman–Crippen LogP) is 2.92. The first-order chi connectivity index (χ1) is 8.07. The van der Waals surface area contributed by atoms with Gasteiger partial charge in [0, 0.05) is 25.4 Å². The van der Waals surface area contributed by atoms with Crippen molar-refractivity contribution in [3.8, 4) is 0 Å². The minimum Gasteiger partial charge on any atom is -0.317 e. The Morgan fingerprint density at radius 3 is 2.50 bits per heavy atom. The molecule has 0 aromatic carbocycles. The van der Waals surface area contributed by atoms with E-state index in [1.807, 2.05) is 0 Å². The largest absolute Gasteiger partial charge is 0.317 e. The highest BCUT2D eigenvalue weighted by atomic mass is 35.5. The van der Waals surface area contributed by atoms with Gasteiger partial charge in [0.1, 0.15) is 0 Å². The minimum atomic E-state index is -2.40. The molecule has 1 aliphatic carbocycles. The summed E-state index contributed by atoms with van der Waals surface area (Å²) in [5.74, 6) is -2.21. The summed E-state index contributed by atoms with van der Waals surface area (Å²) >= 11 is 0. The van der Waals surface area contributed by atoms with Crippen LogP contribution in [0, 0.1) is 5.92 Å². The van der Waals surface area contributed by atoms with E-state index in [2.05, 4.69) is 17.3 Å². The van der Waals surface area contributed by atoms with E-state index in [-0.39, 0.29) is 31.2 Å². The molecule has 18 heavy (non-hydrogen) atoms. The van der Waals surface area contributed by atoms with E-state index in [1.54, 1.807) is 0 Å². The molecule has 5 heteroatoms. The van der Waals surface area contributed by atoms with Crippen molar-refractivity contribution in [1.29, 1.82) is 0 Å². The molecule has 2 nitrogen and oxygen atoms in total. The van der Waals surface area contributed by atoms with Gasteiger partial charge in [-0.05, 0) is 51.7 Å². The molecule has 1 unspecified atom stereocenters. The Hall–Kier alpha value is 0.0700. The Kier molecular flexibility index (Phi) is 6.28. The van der Waals surface area contributed by atoms with Crippen LogP contribution in [0.5, 0.6) is 0 Å². The van der Waals surface area contributed by atoms with E-state index in [0.717, 1.165) is 38.9 Å². The minimum absolute atomic E-state index is 0. The van der Waals surface area contributed by atoms with Crippen LogP contribution < -0.4 is 5.32 Å². The summed E-state index contributed by atoms with van der Waals surface area (Å²) in [4.78, 5) is 2.31. The third-order valence-electron chi connectivity index (χ3n) is 4.22. The molecule has 1 saturated carbocycles. The average Bonchev–Trinajstić information content (AvgIpc) is 2.29. The molecule has 1 saturated heterocycles. The molecule has 0 aromatic heterocycles. The van der Waals surface area contributed by atoms with E-state index >= 15 is 0 Å². The van der Waals surface area contributed by atoms with Crippen molar-refractivity contribution < 1.29 is 8.78 Å². The lowest BCUT2D eigenvalue weighted by atomic mass is 9.86. The summed E-state index contributed by atoms with van der Waals surface area (Å²) in [6.45, 7) is 2.98. The van der Waals surface area contributed by atoms with E-state index in [1.165, 1.54) is 0 Å². The number of rotatable bonds is 3. The lowest BCUT2D eigenvalue weighted by Gasteiger charge is -2.36. The number of nitrogens with zero attached hydrogens (tertiary/aromatic N) is 1. The molecule has 2 rings (SSSR count). The van der Waals surface area contributed by atoms with Crippen molar-refractivity contribution in [3.63, 3.8) is 0 Å². The van der Waals surface area contributed by atoms with Crippen LogP contribution in [0.25, 0.3) is 0 Å². The zero-order chi connectivity index (χ0) is 12.3. The van der Waals surface area contributed by atoms with Crippen LogP contribution in [0.1, 0.15) is 38.5 Å². The van der Waals surface area contributed by atoms with Gasteiger partial charge in [-0.2, -0.15) is 0 Å². The number of nitrogens with one attached hydrogen (secondary N) is 1. The fourth-order valence-corrected chi connectivity index (χ4v) is 3.24. The molecule has 0 bridgehead atoms. The molecular weight excluding hydrogens is 258 g/mol. The number of alkyl halides is 2. The van der Waals surface area contributed by atoms with Gasteiger partial charge >= 0.3 is 0 Å². The van der Waals surface area contributed by atoms with Crippen molar-refractivity contribution >= 4 is 12.4 Å². The molecule has 1 heterocycles. The van der Waals surface area contributed by atoms with Gasteiger partial charge in [0.2, 0.25) is 5.92 Å². The molecule has 0 radical (unpaired) electrons. The van der Waals surface area contributed by atoms with Crippen molar-refractivity contribution in [2.24, 2.45) is 5.92 Å². The number of halogens is 3. The highest BCUT2D eigenvalue weighted by Gasteiger charge is 2.36. The Balaban J connectivity index is 0.00000162. The summed E-state index contributed by atoms with van der Waals surface area (Å²) < 4.78 is 26.6.